The fourth-order valence-corrected chi connectivity index (χ4v) is 3.18. The van der Waals surface area contributed by atoms with Crippen LogP contribution in [0.5, 0.6) is 0 Å². The van der Waals surface area contributed by atoms with Crippen LogP contribution in [0.1, 0.15) is 27.7 Å². The Labute approximate surface area is 116 Å². The number of rotatable bonds is 3. The molecule has 4 nitrogen and oxygen atoms in total. The summed E-state index contributed by atoms with van der Waals surface area (Å²) in [6, 6.07) is -0.476. The highest BCUT2D eigenvalue weighted by Gasteiger charge is 2.49. The van der Waals surface area contributed by atoms with Gasteiger partial charge in [0, 0.05) is 7.11 Å². The van der Waals surface area contributed by atoms with Crippen molar-refractivity contribution in [2.75, 3.05) is 7.11 Å². The lowest BCUT2D eigenvalue weighted by Crippen LogP contribution is -2.63. The fraction of sp³-hybridized carbons (Fsp3) is 1.00. The predicted molar refractivity (Wildman–Crippen MR) is 76.3 cm³/mol. The van der Waals surface area contributed by atoms with Crippen molar-refractivity contribution in [3.05, 3.63) is 0 Å². The Morgan fingerprint density at radius 2 is 1.79 bits per heavy atom. The van der Waals surface area contributed by atoms with E-state index in [1.165, 1.54) is 7.11 Å². The SMILES string of the molecule is CO[C@@H]1O[C@@H](C)[C@H](N)[C@@H](O[Si](C)(C)C(C)(C)C)[C@H]1F. The first kappa shape index (κ1) is 17.0. The van der Waals surface area contributed by atoms with Crippen molar-refractivity contribution in [2.24, 2.45) is 5.73 Å². The van der Waals surface area contributed by atoms with Crippen LogP contribution in [0.15, 0.2) is 0 Å². The summed E-state index contributed by atoms with van der Waals surface area (Å²) in [7, 11) is -0.644. The summed E-state index contributed by atoms with van der Waals surface area (Å²) in [5.74, 6) is 0. The topological polar surface area (TPSA) is 53.7 Å². The van der Waals surface area contributed by atoms with Gasteiger partial charge in [-0.2, -0.15) is 0 Å². The molecular weight excluding hydrogens is 265 g/mol. The third-order valence-electron chi connectivity index (χ3n) is 4.31. The molecule has 0 bridgehead atoms. The highest BCUT2D eigenvalue weighted by atomic mass is 28.4. The number of alkyl halides is 1. The highest BCUT2D eigenvalue weighted by Crippen LogP contribution is 2.39. The zero-order valence-electron chi connectivity index (χ0n) is 13.1. The van der Waals surface area contributed by atoms with Crippen LogP contribution < -0.4 is 5.73 Å². The second-order valence-electron chi connectivity index (χ2n) is 6.81. The van der Waals surface area contributed by atoms with Gasteiger partial charge in [-0.05, 0) is 25.1 Å². The second kappa shape index (κ2) is 5.77. The Balaban J connectivity index is 2.90. The van der Waals surface area contributed by atoms with E-state index in [1.807, 2.05) is 6.92 Å². The van der Waals surface area contributed by atoms with Crippen molar-refractivity contribution >= 4 is 8.32 Å². The molecule has 0 radical (unpaired) electrons. The number of methoxy groups -OCH3 is 1. The molecule has 0 unspecified atom stereocenters. The van der Waals surface area contributed by atoms with Crippen molar-refractivity contribution in [2.45, 2.75) is 76.5 Å². The van der Waals surface area contributed by atoms with E-state index in [2.05, 4.69) is 33.9 Å². The summed E-state index contributed by atoms with van der Waals surface area (Å²) in [6.07, 6.45) is -3.21. The zero-order chi connectivity index (χ0) is 15.0. The van der Waals surface area contributed by atoms with E-state index in [-0.39, 0.29) is 11.1 Å². The van der Waals surface area contributed by atoms with Crippen LogP contribution in [-0.4, -0.2) is 46.1 Å². The molecule has 0 aromatic rings. The van der Waals surface area contributed by atoms with Crippen molar-refractivity contribution in [3.63, 3.8) is 0 Å². The number of halogens is 1. The monoisotopic (exact) mass is 293 g/mol. The van der Waals surface area contributed by atoms with Crippen LogP contribution in [0, 0.1) is 0 Å². The molecule has 5 atom stereocenters. The smallest absolute Gasteiger partial charge is 0.192 e. The normalized spacial score (nSPS) is 37.4. The molecule has 19 heavy (non-hydrogen) atoms. The van der Waals surface area contributed by atoms with Crippen LogP contribution in [0.2, 0.25) is 18.1 Å². The highest BCUT2D eigenvalue weighted by molar-refractivity contribution is 6.74. The molecule has 1 aliphatic rings. The predicted octanol–water partition coefficient (Wildman–Crippen LogP) is 2.43. The summed E-state index contributed by atoms with van der Waals surface area (Å²) in [4.78, 5) is 0. The minimum atomic E-state index is -2.08. The summed E-state index contributed by atoms with van der Waals surface area (Å²) in [5.41, 5.74) is 6.06. The van der Waals surface area contributed by atoms with Gasteiger partial charge in [0.1, 0.15) is 0 Å². The maximum Gasteiger partial charge on any atom is 0.192 e. The Kier molecular flexibility index (Phi) is 5.18. The molecule has 1 aliphatic heterocycles. The molecule has 0 amide bonds. The molecule has 1 fully saturated rings. The number of hydrogen-bond donors (Lipinski definition) is 1. The average molecular weight is 293 g/mol. The van der Waals surface area contributed by atoms with Gasteiger partial charge in [-0.25, -0.2) is 4.39 Å². The van der Waals surface area contributed by atoms with Crippen molar-refractivity contribution < 1.29 is 18.3 Å². The lowest BCUT2D eigenvalue weighted by Gasteiger charge is -2.46. The molecule has 114 valence electrons. The van der Waals surface area contributed by atoms with E-state index in [0.29, 0.717) is 0 Å². The quantitative estimate of drug-likeness (QED) is 0.812. The van der Waals surface area contributed by atoms with E-state index < -0.39 is 32.9 Å². The molecule has 0 aromatic heterocycles. The van der Waals surface area contributed by atoms with Crippen molar-refractivity contribution in [1.29, 1.82) is 0 Å². The van der Waals surface area contributed by atoms with Gasteiger partial charge in [-0.3, -0.25) is 0 Å². The second-order valence-corrected chi connectivity index (χ2v) is 11.6. The maximum absolute atomic E-state index is 14.4. The number of hydrogen-bond acceptors (Lipinski definition) is 4. The molecule has 1 saturated heterocycles. The van der Waals surface area contributed by atoms with Gasteiger partial charge in [0.25, 0.3) is 0 Å². The number of ether oxygens (including phenoxy) is 2. The average Bonchev–Trinajstić information content (AvgIpc) is 2.27. The van der Waals surface area contributed by atoms with Crippen LogP contribution in [-0.2, 0) is 13.9 Å². The van der Waals surface area contributed by atoms with E-state index in [0.717, 1.165) is 0 Å². The molecule has 6 heteroatoms. The Bertz CT molecular complexity index is 309. The van der Waals surface area contributed by atoms with Crippen LogP contribution in [0.4, 0.5) is 4.39 Å². The first-order valence-electron chi connectivity index (χ1n) is 6.77. The van der Waals surface area contributed by atoms with Gasteiger partial charge in [-0.15, -0.1) is 0 Å². The molecule has 0 aliphatic carbocycles. The molecule has 0 spiro atoms. The van der Waals surface area contributed by atoms with Crippen molar-refractivity contribution in [3.8, 4) is 0 Å². The minimum Gasteiger partial charge on any atom is -0.409 e. The number of nitrogens with two attached hydrogens (primary N) is 1. The van der Waals surface area contributed by atoms with Gasteiger partial charge in [0.15, 0.2) is 20.8 Å². The van der Waals surface area contributed by atoms with Gasteiger partial charge in [0.2, 0.25) is 0 Å². The molecule has 0 saturated carbocycles. The summed E-state index contributed by atoms with van der Waals surface area (Å²) in [6.45, 7) is 12.4. The largest absolute Gasteiger partial charge is 0.409 e. The molecule has 1 heterocycles. The standard InChI is InChI=1S/C13H28FNO3Si/c1-8-10(15)11(9(14)12(16-5)17-8)18-19(6,7)13(2,3)4/h8-12H,15H2,1-7H3/t8-,9+,10-,11-,12+/m0/s1. The molecule has 0 aromatic carbocycles. The Morgan fingerprint density at radius 3 is 2.21 bits per heavy atom. The van der Waals surface area contributed by atoms with Gasteiger partial charge in [0.05, 0.1) is 18.2 Å². The summed E-state index contributed by atoms with van der Waals surface area (Å²) >= 11 is 0. The van der Waals surface area contributed by atoms with Crippen LogP contribution in [0.25, 0.3) is 0 Å². The Hall–Kier alpha value is -0.0131. The van der Waals surface area contributed by atoms with Gasteiger partial charge < -0.3 is 19.6 Å². The summed E-state index contributed by atoms with van der Waals surface area (Å²) < 4.78 is 31.0. The van der Waals surface area contributed by atoms with Crippen LogP contribution in [0.3, 0.4) is 0 Å². The third-order valence-corrected chi connectivity index (χ3v) is 8.79. The Morgan fingerprint density at radius 1 is 1.26 bits per heavy atom. The van der Waals surface area contributed by atoms with Crippen LogP contribution >= 0.6 is 0 Å². The van der Waals surface area contributed by atoms with Crippen molar-refractivity contribution in [1.82, 2.24) is 0 Å². The maximum atomic E-state index is 14.4. The zero-order valence-corrected chi connectivity index (χ0v) is 14.1. The third kappa shape index (κ3) is 3.55. The lowest BCUT2D eigenvalue weighted by atomic mass is 9.99. The molecule has 1 rings (SSSR count). The summed E-state index contributed by atoms with van der Waals surface area (Å²) in [5, 5.41) is 0.0105. The minimum absolute atomic E-state index is 0.0105. The first-order valence-corrected chi connectivity index (χ1v) is 9.68. The first-order chi connectivity index (χ1) is 8.51. The van der Waals surface area contributed by atoms with Gasteiger partial charge >= 0.3 is 0 Å². The molecular formula is C13H28FNO3Si. The van der Waals surface area contributed by atoms with E-state index in [1.54, 1.807) is 0 Å². The van der Waals surface area contributed by atoms with E-state index in [9.17, 15) is 4.39 Å². The van der Waals surface area contributed by atoms with E-state index >= 15 is 0 Å². The molecule has 2 N–H and O–H groups in total. The lowest BCUT2D eigenvalue weighted by molar-refractivity contribution is -0.239. The van der Waals surface area contributed by atoms with E-state index in [4.69, 9.17) is 19.6 Å². The van der Waals surface area contributed by atoms with Gasteiger partial charge in [-0.1, -0.05) is 20.8 Å². The fourth-order valence-electron chi connectivity index (χ4n) is 1.86.